The van der Waals surface area contributed by atoms with Crippen molar-refractivity contribution in [3.8, 4) is 0 Å². The van der Waals surface area contributed by atoms with E-state index in [1.54, 1.807) is 11.9 Å². The fraction of sp³-hybridized carbons (Fsp3) is 0.933. The smallest absolute Gasteiger partial charge is 0.239 e. The Bertz CT molecular complexity index is 526. The molecule has 7 heteroatoms. The van der Waals surface area contributed by atoms with E-state index in [0.29, 0.717) is 6.54 Å². The summed E-state index contributed by atoms with van der Waals surface area (Å²) in [6.07, 6.45) is 0.729. The van der Waals surface area contributed by atoms with Crippen LogP contribution in [0, 0.1) is 5.41 Å². The first-order valence-corrected chi connectivity index (χ1v) is 9.71. The van der Waals surface area contributed by atoms with Crippen LogP contribution in [0.25, 0.3) is 0 Å². The second kappa shape index (κ2) is 6.09. The third-order valence-corrected chi connectivity index (χ3v) is 6.17. The number of hydrogen-bond acceptors (Lipinski definition) is 5. The molecule has 2 fully saturated rings. The van der Waals surface area contributed by atoms with Gasteiger partial charge in [-0.3, -0.25) is 9.69 Å². The Labute approximate surface area is 133 Å². The number of rotatable bonds is 3. The Morgan fingerprint density at radius 1 is 1.32 bits per heavy atom. The van der Waals surface area contributed by atoms with Gasteiger partial charge in [-0.2, -0.15) is 0 Å². The van der Waals surface area contributed by atoms with E-state index in [9.17, 15) is 18.3 Å². The number of aliphatic hydroxyl groups is 1. The Morgan fingerprint density at radius 3 is 2.45 bits per heavy atom. The van der Waals surface area contributed by atoms with E-state index in [0.717, 1.165) is 19.4 Å². The van der Waals surface area contributed by atoms with Crippen molar-refractivity contribution < 1.29 is 18.3 Å². The van der Waals surface area contributed by atoms with Gasteiger partial charge in [-0.15, -0.1) is 0 Å². The SMILES string of the molecule is CN(C1CCCN(CC(C)(C)C)C1=O)[C@@H]1CS(=O)(=O)C[C@H]1O. The highest BCUT2D eigenvalue weighted by atomic mass is 32.2. The molecule has 2 saturated heterocycles. The fourth-order valence-electron chi connectivity index (χ4n) is 3.46. The van der Waals surface area contributed by atoms with Crippen LogP contribution in [0.15, 0.2) is 0 Å². The lowest BCUT2D eigenvalue weighted by molar-refractivity contribution is -0.142. The Hall–Kier alpha value is -0.660. The summed E-state index contributed by atoms with van der Waals surface area (Å²) in [5.74, 6) is -0.206. The van der Waals surface area contributed by atoms with Crippen LogP contribution < -0.4 is 0 Å². The molecule has 0 aromatic carbocycles. The van der Waals surface area contributed by atoms with E-state index in [1.165, 1.54) is 0 Å². The monoisotopic (exact) mass is 332 g/mol. The van der Waals surface area contributed by atoms with Crippen molar-refractivity contribution in [1.82, 2.24) is 9.80 Å². The number of likely N-dealkylation sites (tertiary alicyclic amines) is 1. The maximum atomic E-state index is 12.7. The maximum absolute atomic E-state index is 12.7. The summed E-state index contributed by atoms with van der Waals surface area (Å²) in [5.41, 5.74) is 0.0341. The maximum Gasteiger partial charge on any atom is 0.239 e. The molecule has 1 unspecified atom stereocenters. The van der Waals surface area contributed by atoms with Crippen molar-refractivity contribution in [2.24, 2.45) is 5.41 Å². The molecule has 6 nitrogen and oxygen atoms in total. The lowest BCUT2D eigenvalue weighted by Crippen LogP contribution is -2.57. The molecule has 2 rings (SSSR count). The molecule has 22 heavy (non-hydrogen) atoms. The van der Waals surface area contributed by atoms with Crippen LogP contribution in [0.5, 0.6) is 0 Å². The summed E-state index contributed by atoms with van der Waals surface area (Å²) in [6.45, 7) is 7.75. The summed E-state index contributed by atoms with van der Waals surface area (Å²) in [7, 11) is -1.44. The average Bonchev–Trinajstić information content (AvgIpc) is 2.63. The predicted octanol–water partition coefficient (Wildman–Crippen LogP) is 0.113. The van der Waals surface area contributed by atoms with E-state index < -0.39 is 22.0 Å². The first kappa shape index (κ1) is 17.7. The summed E-state index contributed by atoms with van der Waals surface area (Å²) < 4.78 is 23.4. The first-order chi connectivity index (χ1) is 10.0. The molecule has 0 spiro atoms. The molecule has 128 valence electrons. The summed E-state index contributed by atoms with van der Waals surface area (Å²) in [4.78, 5) is 16.4. The highest BCUT2D eigenvalue weighted by molar-refractivity contribution is 7.91. The molecule has 3 atom stereocenters. The van der Waals surface area contributed by atoms with Crippen LogP contribution in [0.1, 0.15) is 33.6 Å². The number of carbonyl (C=O) groups is 1. The van der Waals surface area contributed by atoms with Gasteiger partial charge < -0.3 is 10.0 Å². The van der Waals surface area contributed by atoms with E-state index in [-0.39, 0.29) is 28.9 Å². The minimum Gasteiger partial charge on any atom is -0.390 e. The number of hydrogen-bond donors (Lipinski definition) is 1. The van der Waals surface area contributed by atoms with Crippen LogP contribution in [-0.2, 0) is 14.6 Å². The quantitative estimate of drug-likeness (QED) is 0.794. The second-order valence-electron chi connectivity index (χ2n) is 7.86. The molecular weight excluding hydrogens is 304 g/mol. The summed E-state index contributed by atoms with van der Waals surface area (Å²) >= 11 is 0. The van der Waals surface area contributed by atoms with Crippen LogP contribution in [0.2, 0.25) is 0 Å². The Kier molecular flexibility index (Phi) is 4.90. The van der Waals surface area contributed by atoms with Gasteiger partial charge in [0.15, 0.2) is 9.84 Å². The fourth-order valence-corrected chi connectivity index (χ4v) is 5.31. The molecular formula is C15H28N2O4S. The molecule has 2 aliphatic heterocycles. The zero-order valence-electron chi connectivity index (χ0n) is 13.9. The minimum absolute atomic E-state index is 0.0341. The lowest BCUT2D eigenvalue weighted by Gasteiger charge is -2.41. The van der Waals surface area contributed by atoms with E-state index in [4.69, 9.17) is 0 Å². The molecule has 1 amide bonds. The molecule has 0 bridgehead atoms. The van der Waals surface area contributed by atoms with Crippen molar-refractivity contribution in [2.75, 3.05) is 31.6 Å². The summed E-state index contributed by atoms with van der Waals surface area (Å²) in [6, 6.07) is -0.808. The van der Waals surface area contributed by atoms with Crippen molar-refractivity contribution in [2.45, 2.75) is 51.8 Å². The number of amides is 1. The number of sulfone groups is 1. The van der Waals surface area contributed by atoms with Crippen molar-refractivity contribution in [3.63, 3.8) is 0 Å². The van der Waals surface area contributed by atoms with Gasteiger partial charge in [0.25, 0.3) is 0 Å². The third-order valence-electron chi connectivity index (χ3n) is 4.48. The summed E-state index contributed by atoms with van der Waals surface area (Å²) in [5, 5.41) is 10.0. The standard InChI is InChI=1S/C15H28N2O4S/c1-15(2,3)10-17-7-5-6-11(14(17)19)16(4)12-8-22(20,21)9-13(12)18/h11-13,18H,5-10H2,1-4H3/t11?,12-,13-/m1/s1. The van der Waals surface area contributed by atoms with Crippen LogP contribution in [-0.4, -0.2) is 79.1 Å². The molecule has 0 aromatic rings. The molecule has 0 saturated carbocycles. The van der Waals surface area contributed by atoms with Gasteiger partial charge in [-0.25, -0.2) is 8.42 Å². The van der Waals surface area contributed by atoms with Gasteiger partial charge in [-0.1, -0.05) is 20.8 Å². The first-order valence-electron chi connectivity index (χ1n) is 7.89. The largest absolute Gasteiger partial charge is 0.390 e. The van der Waals surface area contributed by atoms with Crippen molar-refractivity contribution >= 4 is 15.7 Å². The zero-order valence-corrected chi connectivity index (χ0v) is 14.8. The number of carbonyl (C=O) groups excluding carboxylic acids is 1. The molecule has 0 radical (unpaired) electrons. The van der Waals surface area contributed by atoms with E-state index in [1.807, 2.05) is 4.90 Å². The highest BCUT2D eigenvalue weighted by Gasteiger charge is 2.43. The third kappa shape index (κ3) is 4.00. The van der Waals surface area contributed by atoms with Gasteiger partial charge in [0.1, 0.15) is 0 Å². The van der Waals surface area contributed by atoms with E-state index >= 15 is 0 Å². The van der Waals surface area contributed by atoms with Crippen LogP contribution >= 0.6 is 0 Å². The van der Waals surface area contributed by atoms with Gasteiger partial charge >= 0.3 is 0 Å². The number of aliphatic hydroxyl groups excluding tert-OH is 1. The molecule has 2 aliphatic rings. The van der Waals surface area contributed by atoms with Gasteiger partial charge in [0.05, 0.1) is 29.7 Å². The van der Waals surface area contributed by atoms with Gasteiger partial charge in [0, 0.05) is 13.1 Å². The molecule has 0 aliphatic carbocycles. The molecule has 2 heterocycles. The highest BCUT2D eigenvalue weighted by Crippen LogP contribution is 2.26. The normalized spacial score (nSPS) is 32.7. The van der Waals surface area contributed by atoms with Crippen LogP contribution in [0.3, 0.4) is 0 Å². The minimum atomic E-state index is -3.20. The Morgan fingerprint density at radius 2 is 1.95 bits per heavy atom. The molecule has 1 N–H and O–H groups in total. The second-order valence-corrected chi connectivity index (χ2v) is 10.0. The average molecular weight is 332 g/mol. The number of nitrogens with zero attached hydrogens (tertiary/aromatic N) is 2. The van der Waals surface area contributed by atoms with Crippen molar-refractivity contribution in [1.29, 1.82) is 0 Å². The molecule has 0 aromatic heterocycles. The predicted molar refractivity (Wildman–Crippen MR) is 85.3 cm³/mol. The van der Waals surface area contributed by atoms with Gasteiger partial charge in [-0.05, 0) is 25.3 Å². The van der Waals surface area contributed by atoms with Crippen LogP contribution in [0.4, 0.5) is 0 Å². The van der Waals surface area contributed by atoms with Gasteiger partial charge in [0.2, 0.25) is 5.91 Å². The van der Waals surface area contributed by atoms with Crippen molar-refractivity contribution in [3.05, 3.63) is 0 Å². The number of likely N-dealkylation sites (N-methyl/N-ethyl adjacent to an activating group) is 1. The van der Waals surface area contributed by atoms with E-state index in [2.05, 4.69) is 20.8 Å². The Balaban J connectivity index is 2.09. The zero-order chi connectivity index (χ0) is 16.7. The number of piperidine rings is 1. The topological polar surface area (TPSA) is 77.9 Å². The lowest BCUT2D eigenvalue weighted by atomic mass is 9.93.